The second-order valence-electron chi connectivity index (χ2n) is 4.87. The van der Waals surface area contributed by atoms with Crippen molar-refractivity contribution in [2.24, 2.45) is 5.92 Å². The quantitative estimate of drug-likeness (QED) is 0.763. The Morgan fingerprint density at radius 3 is 3.00 bits per heavy atom. The maximum atomic E-state index is 3.60. The minimum Gasteiger partial charge on any atom is -0.316 e. The molecule has 0 aliphatic heterocycles. The zero-order valence-corrected chi connectivity index (χ0v) is 11.1. The lowest BCUT2D eigenvalue weighted by Gasteiger charge is -2.31. The van der Waals surface area contributed by atoms with Crippen molar-refractivity contribution in [2.75, 3.05) is 13.1 Å². The minimum atomic E-state index is 0.832. The van der Waals surface area contributed by atoms with E-state index in [1.807, 2.05) is 11.3 Å². The second-order valence-corrected chi connectivity index (χ2v) is 5.85. The molecule has 90 valence electrons. The molecule has 1 N–H and O–H groups in total. The van der Waals surface area contributed by atoms with Crippen molar-refractivity contribution >= 4 is 11.3 Å². The van der Waals surface area contributed by atoms with E-state index in [0.717, 1.165) is 11.8 Å². The third-order valence-corrected chi connectivity index (χ3v) is 4.66. The molecule has 0 amide bonds. The van der Waals surface area contributed by atoms with Crippen molar-refractivity contribution in [2.45, 2.75) is 44.9 Å². The van der Waals surface area contributed by atoms with Crippen LogP contribution >= 0.6 is 11.3 Å². The van der Waals surface area contributed by atoms with Crippen LogP contribution in [0.3, 0.4) is 0 Å². The average Bonchev–Trinajstić information content (AvgIpc) is 2.83. The molecule has 2 atom stereocenters. The molecule has 0 saturated heterocycles. The van der Waals surface area contributed by atoms with E-state index < -0.39 is 0 Å². The van der Waals surface area contributed by atoms with Crippen LogP contribution in [0.2, 0.25) is 0 Å². The highest BCUT2D eigenvalue weighted by atomic mass is 32.1. The van der Waals surface area contributed by atoms with Crippen LogP contribution < -0.4 is 5.32 Å². The molecule has 0 radical (unpaired) electrons. The molecule has 1 nitrogen and oxygen atoms in total. The highest BCUT2D eigenvalue weighted by Crippen LogP contribution is 2.39. The van der Waals surface area contributed by atoms with Gasteiger partial charge < -0.3 is 5.32 Å². The number of hydrogen-bond donors (Lipinski definition) is 1. The van der Waals surface area contributed by atoms with Gasteiger partial charge in [-0.2, -0.15) is 0 Å². The molecule has 1 fully saturated rings. The fourth-order valence-corrected chi connectivity index (χ4v) is 3.75. The van der Waals surface area contributed by atoms with Crippen LogP contribution in [-0.4, -0.2) is 13.1 Å². The molecule has 1 saturated carbocycles. The standard InChI is InChI=1S/C14H23NS/c1-2-9-15-11-12-6-3-4-7-13(12)14-8-5-10-16-14/h5,8,10,12-13,15H,2-4,6-7,9,11H2,1H3. The lowest BCUT2D eigenvalue weighted by Crippen LogP contribution is -2.29. The van der Waals surface area contributed by atoms with Crippen LogP contribution in [0.25, 0.3) is 0 Å². The first-order valence-corrected chi connectivity index (χ1v) is 7.54. The zero-order chi connectivity index (χ0) is 11.2. The van der Waals surface area contributed by atoms with E-state index in [1.54, 1.807) is 4.88 Å². The third-order valence-electron chi connectivity index (χ3n) is 3.65. The minimum absolute atomic E-state index is 0.832. The Balaban J connectivity index is 1.92. The zero-order valence-electron chi connectivity index (χ0n) is 10.2. The topological polar surface area (TPSA) is 12.0 Å². The fraction of sp³-hybridized carbons (Fsp3) is 0.714. The van der Waals surface area contributed by atoms with Crippen molar-refractivity contribution in [1.82, 2.24) is 5.32 Å². The SMILES string of the molecule is CCCNCC1CCCCC1c1cccs1. The van der Waals surface area contributed by atoms with Gasteiger partial charge >= 0.3 is 0 Å². The predicted octanol–water partition coefficient (Wildman–Crippen LogP) is 4.02. The highest BCUT2D eigenvalue weighted by Gasteiger charge is 2.26. The first-order valence-electron chi connectivity index (χ1n) is 6.66. The summed E-state index contributed by atoms with van der Waals surface area (Å²) in [4.78, 5) is 1.61. The monoisotopic (exact) mass is 237 g/mol. The molecule has 0 bridgehead atoms. The van der Waals surface area contributed by atoms with Crippen LogP contribution in [0.15, 0.2) is 17.5 Å². The smallest absolute Gasteiger partial charge is 0.00794 e. The Morgan fingerprint density at radius 2 is 2.25 bits per heavy atom. The van der Waals surface area contributed by atoms with Gasteiger partial charge in [-0.25, -0.2) is 0 Å². The van der Waals surface area contributed by atoms with E-state index in [1.165, 1.54) is 45.2 Å². The van der Waals surface area contributed by atoms with Crippen LogP contribution in [0.4, 0.5) is 0 Å². The van der Waals surface area contributed by atoms with Gasteiger partial charge in [-0.15, -0.1) is 11.3 Å². The molecule has 2 rings (SSSR count). The lowest BCUT2D eigenvalue weighted by molar-refractivity contribution is 0.299. The molecule has 0 spiro atoms. The van der Waals surface area contributed by atoms with Crippen LogP contribution in [0, 0.1) is 5.92 Å². The van der Waals surface area contributed by atoms with Crippen molar-refractivity contribution in [1.29, 1.82) is 0 Å². The molecule has 2 heteroatoms. The summed E-state index contributed by atoms with van der Waals surface area (Å²) in [7, 11) is 0. The second kappa shape index (κ2) is 6.41. The Morgan fingerprint density at radius 1 is 1.38 bits per heavy atom. The number of nitrogens with one attached hydrogen (secondary N) is 1. The van der Waals surface area contributed by atoms with Crippen molar-refractivity contribution < 1.29 is 0 Å². The summed E-state index contributed by atoms with van der Waals surface area (Å²) in [6.07, 6.45) is 6.92. The summed E-state index contributed by atoms with van der Waals surface area (Å²) in [5, 5.41) is 5.82. The van der Waals surface area contributed by atoms with E-state index in [2.05, 4.69) is 29.8 Å². The summed E-state index contributed by atoms with van der Waals surface area (Å²) >= 11 is 1.94. The van der Waals surface area contributed by atoms with E-state index in [-0.39, 0.29) is 0 Å². The van der Waals surface area contributed by atoms with Gasteiger partial charge in [0.25, 0.3) is 0 Å². The van der Waals surface area contributed by atoms with E-state index in [0.29, 0.717) is 0 Å². The van der Waals surface area contributed by atoms with Crippen LogP contribution in [-0.2, 0) is 0 Å². The molecule has 2 unspecified atom stereocenters. The molecule has 1 aromatic rings. The Bertz CT molecular complexity index is 281. The van der Waals surface area contributed by atoms with Gasteiger partial charge in [0.15, 0.2) is 0 Å². The summed E-state index contributed by atoms with van der Waals surface area (Å²) < 4.78 is 0. The van der Waals surface area contributed by atoms with Crippen LogP contribution in [0.5, 0.6) is 0 Å². The maximum Gasteiger partial charge on any atom is 0.00794 e. The molecular weight excluding hydrogens is 214 g/mol. The van der Waals surface area contributed by atoms with Crippen molar-refractivity contribution in [3.8, 4) is 0 Å². The molecule has 1 aromatic heterocycles. The van der Waals surface area contributed by atoms with E-state index >= 15 is 0 Å². The van der Waals surface area contributed by atoms with Gasteiger partial charge in [-0.3, -0.25) is 0 Å². The normalized spacial score (nSPS) is 25.8. The van der Waals surface area contributed by atoms with Crippen molar-refractivity contribution in [3.05, 3.63) is 22.4 Å². The molecular formula is C14H23NS. The van der Waals surface area contributed by atoms with Gasteiger partial charge in [0.2, 0.25) is 0 Å². The van der Waals surface area contributed by atoms with Crippen molar-refractivity contribution in [3.63, 3.8) is 0 Å². The van der Waals surface area contributed by atoms with E-state index in [4.69, 9.17) is 0 Å². The predicted molar refractivity (Wildman–Crippen MR) is 72.2 cm³/mol. The summed E-state index contributed by atoms with van der Waals surface area (Å²) in [6, 6.07) is 4.53. The van der Waals surface area contributed by atoms with Gasteiger partial charge in [-0.05, 0) is 55.6 Å². The molecule has 0 aromatic carbocycles. The third kappa shape index (κ3) is 3.08. The number of hydrogen-bond acceptors (Lipinski definition) is 2. The largest absolute Gasteiger partial charge is 0.316 e. The van der Waals surface area contributed by atoms with Gasteiger partial charge in [0, 0.05) is 4.88 Å². The maximum absolute atomic E-state index is 3.60. The first kappa shape index (κ1) is 12.1. The lowest BCUT2D eigenvalue weighted by atomic mass is 9.78. The Labute approximate surface area is 103 Å². The number of thiophene rings is 1. The summed E-state index contributed by atoms with van der Waals surface area (Å²) in [5.74, 6) is 1.71. The molecule has 16 heavy (non-hydrogen) atoms. The Kier molecular flexibility index (Phi) is 4.86. The van der Waals surface area contributed by atoms with Gasteiger partial charge in [-0.1, -0.05) is 25.8 Å². The van der Waals surface area contributed by atoms with Crippen LogP contribution in [0.1, 0.15) is 49.8 Å². The molecule has 1 aliphatic rings. The first-order chi connectivity index (χ1) is 7.92. The number of rotatable bonds is 5. The molecule has 1 aliphatic carbocycles. The Hall–Kier alpha value is -0.340. The molecule has 1 heterocycles. The fourth-order valence-electron chi connectivity index (χ4n) is 2.79. The summed E-state index contributed by atoms with van der Waals surface area (Å²) in [6.45, 7) is 4.63. The highest BCUT2D eigenvalue weighted by molar-refractivity contribution is 7.10. The van der Waals surface area contributed by atoms with E-state index in [9.17, 15) is 0 Å². The summed E-state index contributed by atoms with van der Waals surface area (Å²) in [5.41, 5.74) is 0. The van der Waals surface area contributed by atoms with Gasteiger partial charge in [0.1, 0.15) is 0 Å². The average molecular weight is 237 g/mol. The van der Waals surface area contributed by atoms with Gasteiger partial charge in [0.05, 0.1) is 0 Å².